The van der Waals surface area contributed by atoms with Gasteiger partial charge < -0.3 is 9.64 Å². The predicted octanol–water partition coefficient (Wildman–Crippen LogP) is 4.01. The van der Waals surface area contributed by atoms with Crippen LogP contribution in [0.4, 0.5) is 0 Å². The fourth-order valence-corrected chi connectivity index (χ4v) is 4.54. The number of hydrogen-bond acceptors (Lipinski definition) is 4. The number of carbonyl (C=O) groups is 1. The fourth-order valence-electron chi connectivity index (χ4n) is 3.75. The zero-order chi connectivity index (χ0) is 16.5. The van der Waals surface area contributed by atoms with Gasteiger partial charge >= 0.3 is 0 Å². The average Bonchev–Trinajstić information content (AvgIpc) is 3.25. The number of carbonyl (C=O) groups excluding carboxylic acids is 1. The number of nitrogens with zero attached hydrogens (tertiary/aromatic N) is 2. The molecule has 4 nitrogen and oxygen atoms in total. The summed E-state index contributed by atoms with van der Waals surface area (Å²) in [6, 6.07) is 8.32. The van der Waals surface area contributed by atoms with E-state index in [2.05, 4.69) is 22.0 Å². The van der Waals surface area contributed by atoms with Gasteiger partial charge in [-0.15, -0.1) is 11.3 Å². The van der Waals surface area contributed by atoms with Crippen molar-refractivity contribution in [3.63, 3.8) is 0 Å². The molecule has 5 heteroatoms. The van der Waals surface area contributed by atoms with Crippen molar-refractivity contribution in [2.24, 2.45) is 5.92 Å². The second-order valence-electron chi connectivity index (χ2n) is 6.64. The number of amides is 1. The Morgan fingerprint density at radius 3 is 2.83 bits per heavy atom. The van der Waals surface area contributed by atoms with Crippen LogP contribution >= 0.6 is 11.3 Å². The molecule has 1 amide bonds. The Hall–Kier alpha value is -1.88. The Morgan fingerprint density at radius 2 is 2.12 bits per heavy atom. The summed E-state index contributed by atoms with van der Waals surface area (Å²) in [5, 5.41) is 3.09. The smallest absolute Gasteiger partial charge is 0.226 e. The van der Waals surface area contributed by atoms with Gasteiger partial charge in [0.25, 0.3) is 0 Å². The number of piperidine rings is 1. The quantitative estimate of drug-likeness (QED) is 0.843. The first kappa shape index (κ1) is 15.6. The van der Waals surface area contributed by atoms with Gasteiger partial charge in [-0.05, 0) is 49.3 Å². The lowest BCUT2D eigenvalue weighted by molar-refractivity contribution is -0.136. The van der Waals surface area contributed by atoms with E-state index in [4.69, 9.17) is 4.74 Å². The molecule has 2 heterocycles. The summed E-state index contributed by atoms with van der Waals surface area (Å²) < 4.78 is 5.21. The largest absolute Gasteiger partial charge is 0.497 e. The zero-order valence-corrected chi connectivity index (χ0v) is 14.7. The molecule has 1 aromatic carbocycles. The van der Waals surface area contributed by atoms with E-state index in [1.54, 1.807) is 18.4 Å². The number of ether oxygens (including phenoxy) is 1. The van der Waals surface area contributed by atoms with E-state index in [9.17, 15) is 4.79 Å². The van der Waals surface area contributed by atoms with E-state index in [0.717, 1.165) is 36.6 Å². The van der Waals surface area contributed by atoms with E-state index in [1.807, 2.05) is 23.7 Å². The molecule has 126 valence electrons. The minimum Gasteiger partial charge on any atom is -0.497 e. The maximum absolute atomic E-state index is 13.1. The monoisotopic (exact) mass is 342 g/mol. The first-order valence-electron chi connectivity index (χ1n) is 8.61. The normalized spacial score (nSPS) is 26.2. The Balaban J connectivity index is 1.47. The maximum Gasteiger partial charge on any atom is 0.226 e. The van der Waals surface area contributed by atoms with Crippen LogP contribution in [0.2, 0.25) is 0 Å². The van der Waals surface area contributed by atoms with E-state index in [0.29, 0.717) is 11.8 Å². The van der Waals surface area contributed by atoms with Gasteiger partial charge in [-0.25, -0.2) is 4.98 Å². The molecule has 1 saturated heterocycles. The van der Waals surface area contributed by atoms with Crippen LogP contribution in [0.3, 0.4) is 0 Å². The first-order chi connectivity index (χ1) is 11.8. The van der Waals surface area contributed by atoms with Gasteiger partial charge in [-0.1, -0.05) is 12.1 Å². The lowest BCUT2D eigenvalue weighted by atomic mass is 10.0. The fraction of sp³-hybridized carbons (Fsp3) is 0.474. The van der Waals surface area contributed by atoms with Crippen LogP contribution in [0.15, 0.2) is 35.8 Å². The standard InChI is InChI=1S/C19H22N2O2S/c1-23-14-7-5-13(6-8-14)15-12-16(15)19(22)21-10-3-2-4-17(21)18-20-9-11-24-18/h5-9,11,15-17H,2-4,10,12H2,1H3/t15-,16+,17-/m0/s1. The lowest BCUT2D eigenvalue weighted by Crippen LogP contribution is -2.39. The molecule has 0 unspecified atom stereocenters. The van der Waals surface area contributed by atoms with Crippen molar-refractivity contribution in [3.05, 3.63) is 46.4 Å². The molecular weight excluding hydrogens is 320 g/mol. The first-order valence-corrected chi connectivity index (χ1v) is 9.49. The topological polar surface area (TPSA) is 42.4 Å². The molecule has 3 atom stereocenters. The Labute approximate surface area is 146 Å². The van der Waals surface area contributed by atoms with Gasteiger partial charge in [0.2, 0.25) is 5.91 Å². The molecule has 1 saturated carbocycles. The van der Waals surface area contributed by atoms with Gasteiger partial charge in [0.1, 0.15) is 10.8 Å². The minimum atomic E-state index is 0.138. The Morgan fingerprint density at radius 1 is 1.29 bits per heavy atom. The number of aromatic nitrogens is 1. The van der Waals surface area contributed by atoms with E-state index in [1.165, 1.54) is 12.0 Å². The van der Waals surface area contributed by atoms with Gasteiger partial charge in [-0.2, -0.15) is 0 Å². The van der Waals surface area contributed by atoms with Gasteiger partial charge in [0.05, 0.1) is 13.2 Å². The highest BCUT2D eigenvalue weighted by Gasteiger charge is 2.47. The third-order valence-corrected chi connectivity index (χ3v) is 6.05. The molecule has 1 aliphatic carbocycles. The molecule has 0 spiro atoms. The zero-order valence-electron chi connectivity index (χ0n) is 13.9. The van der Waals surface area contributed by atoms with Crippen LogP contribution in [-0.4, -0.2) is 29.4 Å². The molecule has 2 aromatic rings. The average molecular weight is 342 g/mol. The van der Waals surface area contributed by atoms with Crippen LogP contribution in [0.1, 0.15) is 48.2 Å². The SMILES string of the molecule is COc1ccc([C@@H]2C[C@H]2C(=O)N2CCCC[C@H]2c2nccs2)cc1. The third kappa shape index (κ3) is 2.93. The molecule has 1 aromatic heterocycles. The van der Waals surface area contributed by atoms with Gasteiger partial charge in [-0.3, -0.25) is 4.79 Å². The third-order valence-electron chi connectivity index (χ3n) is 5.17. The molecule has 2 fully saturated rings. The van der Waals surface area contributed by atoms with Crippen molar-refractivity contribution >= 4 is 17.2 Å². The number of hydrogen-bond donors (Lipinski definition) is 0. The van der Waals surface area contributed by atoms with Crippen molar-refractivity contribution in [1.29, 1.82) is 0 Å². The van der Waals surface area contributed by atoms with Crippen molar-refractivity contribution in [1.82, 2.24) is 9.88 Å². The van der Waals surface area contributed by atoms with Crippen LogP contribution < -0.4 is 4.74 Å². The van der Waals surface area contributed by atoms with Crippen molar-refractivity contribution in [2.45, 2.75) is 37.6 Å². The van der Waals surface area contributed by atoms with Crippen LogP contribution in [0.5, 0.6) is 5.75 Å². The van der Waals surface area contributed by atoms with Crippen molar-refractivity contribution in [2.75, 3.05) is 13.7 Å². The highest BCUT2D eigenvalue weighted by atomic mass is 32.1. The summed E-state index contributed by atoms with van der Waals surface area (Å²) in [5.74, 6) is 1.68. The summed E-state index contributed by atoms with van der Waals surface area (Å²) in [5.41, 5.74) is 1.25. The van der Waals surface area contributed by atoms with Gasteiger partial charge in [0, 0.05) is 24.0 Å². The highest BCUT2D eigenvalue weighted by molar-refractivity contribution is 7.09. The number of thiazole rings is 1. The van der Waals surface area contributed by atoms with E-state index in [-0.39, 0.29) is 12.0 Å². The molecular formula is C19H22N2O2S. The molecule has 24 heavy (non-hydrogen) atoms. The summed E-state index contributed by atoms with van der Waals surface area (Å²) >= 11 is 1.67. The van der Waals surface area contributed by atoms with Crippen LogP contribution in [0, 0.1) is 5.92 Å². The maximum atomic E-state index is 13.1. The molecule has 0 N–H and O–H groups in total. The highest BCUT2D eigenvalue weighted by Crippen LogP contribution is 2.50. The second kappa shape index (κ2) is 6.55. The van der Waals surface area contributed by atoms with Crippen LogP contribution in [0.25, 0.3) is 0 Å². The van der Waals surface area contributed by atoms with Crippen molar-refractivity contribution in [3.8, 4) is 5.75 Å². The number of methoxy groups -OCH3 is 1. The molecule has 4 rings (SSSR count). The van der Waals surface area contributed by atoms with E-state index < -0.39 is 0 Å². The lowest BCUT2D eigenvalue weighted by Gasteiger charge is -2.34. The summed E-state index contributed by atoms with van der Waals surface area (Å²) in [7, 11) is 1.67. The molecule has 0 bridgehead atoms. The number of likely N-dealkylation sites (tertiary alicyclic amines) is 1. The second-order valence-corrected chi connectivity index (χ2v) is 7.56. The minimum absolute atomic E-state index is 0.138. The van der Waals surface area contributed by atoms with Crippen LogP contribution in [-0.2, 0) is 4.79 Å². The molecule has 2 aliphatic rings. The predicted molar refractivity (Wildman–Crippen MR) is 94.3 cm³/mol. The summed E-state index contributed by atoms with van der Waals surface area (Å²) in [4.78, 5) is 19.6. The number of rotatable bonds is 4. The number of benzene rings is 1. The summed E-state index contributed by atoms with van der Waals surface area (Å²) in [6.45, 7) is 0.870. The summed E-state index contributed by atoms with van der Waals surface area (Å²) in [6.07, 6.45) is 6.13. The molecule has 0 radical (unpaired) electrons. The molecule has 1 aliphatic heterocycles. The van der Waals surface area contributed by atoms with Gasteiger partial charge in [0.15, 0.2) is 0 Å². The van der Waals surface area contributed by atoms with E-state index >= 15 is 0 Å². The van der Waals surface area contributed by atoms with Crippen molar-refractivity contribution < 1.29 is 9.53 Å². The Kier molecular flexibility index (Phi) is 4.27. The Bertz CT molecular complexity index is 699.